The number of thioether (sulfide) groups is 1. The van der Waals surface area contributed by atoms with Crippen LogP contribution in [0.2, 0.25) is 0 Å². The summed E-state index contributed by atoms with van der Waals surface area (Å²) >= 11 is 6.77. The van der Waals surface area contributed by atoms with Crippen molar-refractivity contribution >= 4 is 46.0 Å². The number of nitrogens with zero attached hydrogens (tertiary/aromatic N) is 3. The Balaban J connectivity index is 1.70. The summed E-state index contributed by atoms with van der Waals surface area (Å²) in [6.45, 7) is 3.64. The lowest BCUT2D eigenvalue weighted by atomic mass is 10.2. The average molecular weight is 364 g/mol. The van der Waals surface area contributed by atoms with Crippen molar-refractivity contribution in [3.8, 4) is 0 Å². The molecule has 7 heteroatoms. The number of anilines is 1. The molecule has 3 rings (SSSR count). The molecule has 2 heterocycles. The van der Waals surface area contributed by atoms with E-state index in [4.69, 9.17) is 17.0 Å². The van der Waals surface area contributed by atoms with Crippen LogP contribution in [-0.4, -0.2) is 67.1 Å². The van der Waals surface area contributed by atoms with Gasteiger partial charge in [0, 0.05) is 32.9 Å². The third-order valence-corrected chi connectivity index (χ3v) is 5.40. The van der Waals surface area contributed by atoms with Crippen molar-refractivity contribution in [3.05, 3.63) is 34.7 Å². The molecule has 0 atom stereocenters. The first-order chi connectivity index (χ1) is 11.5. The molecular formula is C17H21N3O2S2. The Kier molecular flexibility index (Phi) is 5.55. The summed E-state index contributed by atoms with van der Waals surface area (Å²) in [6, 6.07) is 8.12. The molecule has 0 radical (unpaired) electrons. The number of ether oxygens (including phenoxy) is 1. The van der Waals surface area contributed by atoms with Gasteiger partial charge in [-0.15, -0.1) is 0 Å². The van der Waals surface area contributed by atoms with Crippen LogP contribution in [0.4, 0.5) is 5.69 Å². The van der Waals surface area contributed by atoms with E-state index in [2.05, 4.69) is 4.90 Å². The topological polar surface area (TPSA) is 36.0 Å². The van der Waals surface area contributed by atoms with Crippen LogP contribution in [0.3, 0.4) is 0 Å². The highest BCUT2D eigenvalue weighted by Gasteiger charge is 2.33. The second-order valence-electron chi connectivity index (χ2n) is 5.97. The Morgan fingerprint density at radius 2 is 1.92 bits per heavy atom. The van der Waals surface area contributed by atoms with Gasteiger partial charge in [0.05, 0.1) is 24.8 Å². The number of rotatable bonds is 4. The third-order valence-electron chi connectivity index (χ3n) is 4.03. The molecular weight excluding hydrogens is 342 g/mol. The lowest BCUT2D eigenvalue weighted by molar-refractivity contribution is -0.124. The number of hydrogen-bond donors (Lipinski definition) is 0. The second-order valence-corrected chi connectivity index (χ2v) is 7.64. The van der Waals surface area contributed by atoms with Gasteiger partial charge in [-0.2, -0.15) is 0 Å². The van der Waals surface area contributed by atoms with Crippen LogP contribution in [0, 0.1) is 0 Å². The van der Waals surface area contributed by atoms with Crippen molar-refractivity contribution in [2.45, 2.75) is 0 Å². The van der Waals surface area contributed by atoms with Crippen molar-refractivity contribution in [1.82, 2.24) is 9.80 Å². The van der Waals surface area contributed by atoms with E-state index in [1.165, 1.54) is 11.8 Å². The van der Waals surface area contributed by atoms with E-state index < -0.39 is 0 Å². The zero-order valence-electron chi connectivity index (χ0n) is 13.9. The number of amides is 1. The SMILES string of the molecule is CN(C)c1ccc(/C=C2\SC(=S)N(CN3CCOCC3)C2=O)cc1. The molecule has 0 saturated carbocycles. The van der Waals surface area contributed by atoms with Crippen molar-refractivity contribution in [1.29, 1.82) is 0 Å². The van der Waals surface area contributed by atoms with E-state index in [9.17, 15) is 4.79 Å². The fourth-order valence-electron chi connectivity index (χ4n) is 2.58. The predicted octanol–water partition coefficient (Wildman–Crippen LogP) is 2.24. The molecule has 1 aromatic carbocycles. The maximum Gasteiger partial charge on any atom is 0.267 e. The van der Waals surface area contributed by atoms with Gasteiger partial charge in [-0.05, 0) is 23.8 Å². The Hall–Kier alpha value is -1.41. The van der Waals surface area contributed by atoms with Gasteiger partial charge in [-0.1, -0.05) is 36.1 Å². The number of carbonyl (C=O) groups is 1. The molecule has 0 bridgehead atoms. The van der Waals surface area contributed by atoms with Crippen molar-refractivity contribution in [3.63, 3.8) is 0 Å². The molecule has 0 aromatic heterocycles. The molecule has 24 heavy (non-hydrogen) atoms. The lowest BCUT2D eigenvalue weighted by Gasteiger charge is -2.29. The normalized spacial score (nSPS) is 20.9. The van der Waals surface area contributed by atoms with Crippen LogP contribution in [-0.2, 0) is 9.53 Å². The van der Waals surface area contributed by atoms with Gasteiger partial charge in [-0.25, -0.2) is 0 Å². The number of hydrogen-bond acceptors (Lipinski definition) is 6. The zero-order valence-corrected chi connectivity index (χ0v) is 15.5. The summed E-state index contributed by atoms with van der Waals surface area (Å²) in [4.78, 5) is 19.3. The second kappa shape index (κ2) is 7.65. The first-order valence-corrected chi connectivity index (χ1v) is 9.10. The quantitative estimate of drug-likeness (QED) is 0.603. The minimum absolute atomic E-state index is 0.00632. The van der Waals surface area contributed by atoms with Gasteiger partial charge < -0.3 is 9.64 Å². The molecule has 2 aliphatic rings. The Morgan fingerprint density at radius 1 is 1.25 bits per heavy atom. The fourth-order valence-corrected chi connectivity index (χ4v) is 3.83. The highest BCUT2D eigenvalue weighted by molar-refractivity contribution is 8.26. The largest absolute Gasteiger partial charge is 0.379 e. The average Bonchev–Trinajstić information content (AvgIpc) is 2.84. The molecule has 2 aliphatic heterocycles. The molecule has 0 aliphatic carbocycles. The molecule has 1 aromatic rings. The van der Waals surface area contributed by atoms with E-state index in [1.807, 2.05) is 49.3 Å². The number of benzene rings is 1. The highest BCUT2D eigenvalue weighted by Crippen LogP contribution is 2.32. The first-order valence-electron chi connectivity index (χ1n) is 7.87. The summed E-state index contributed by atoms with van der Waals surface area (Å²) in [5, 5.41) is 0. The first kappa shape index (κ1) is 17.4. The number of morpholine rings is 1. The van der Waals surface area contributed by atoms with Crippen LogP contribution in [0.15, 0.2) is 29.2 Å². The maximum atomic E-state index is 12.7. The molecule has 0 unspecified atom stereocenters. The molecule has 0 spiro atoms. The van der Waals surface area contributed by atoms with Crippen LogP contribution in [0.25, 0.3) is 6.08 Å². The number of thiocarbonyl (C=S) groups is 1. The van der Waals surface area contributed by atoms with Gasteiger partial charge in [0.1, 0.15) is 4.32 Å². The predicted molar refractivity (Wildman–Crippen MR) is 103 cm³/mol. The summed E-state index contributed by atoms with van der Waals surface area (Å²) in [6.07, 6.45) is 1.91. The Labute approximate surface area is 152 Å². The summed E-state index contributed by atoms with van der Waals surface area (Å²) in [7, 11) is 4.01. The molecule has 128 valence electrons. The van der Waals surface area contributed by atoms with E-state index in [0.717, 1.165) is 24.3 Å². The minimum Gasteiger partial charge on any atom is -0.379 e. The monoisotopic (exact) mass is 363 g/mol. The summed E-state index contributed by atoms with van der Waals surface area (Å²) in [5.41, 5.74) is 2.14. The molecule has 2 fully saturated rings. The zero-order chi connectivity index (χ0) is 17.1. The third kappa shape index (κ3) is 3.97. The Bertz CT molecular complexity index is 652. The van der Waals surface area contributed by atoms with E-state index in [-0.39, 0.29) is 5.91 Å². The van der Waals surface area contributed by atoms with Crippen molar-refractivity contribution in [2.75, 3.05) is 52.0 Å². The molecule has 5 nitrogen and oxygen atoms in total. The van der Waals surface area contributed by atoms with Gasteiger partial charge in [-0.3, -0.25) is 14.6 Å². The van der Waals surface area contributed by atoms with Crippen molar-refractivity contribution in [2.24, 2.45) is 0 Å². The van der Waals surface area contributed by atoms with Crippen molar-refractivity contribution < 1.29 is 9.53 Å². The number of carbonyl (C=O) groups excluding carboxylic acids is 1. The van der Waals surface area contributed by atoms with Gasteiger partial charge in [0.15, 0.2) is 0 Å². The van der Waals surface area contributed by atoms with Crippen LogP contribution in [0.1, 0.15) is 5.56 Å². The Morgan fingerprint density at radius 3 is 2.54 bits per heavy atom. The van der Waals surface area contributed by atoms with Gasteiger partial charge >= 0.3 is 0 Å². The smallest absolute Gasteiger partial charge is 0.267 e. The summed E-state index contributed by atoms with van der Waals surface area (Å²) in [5.74, 6) is -0.00632. The summed E-state index contributed by atoms with van der Waals surface area (Å²) < 4.78 is 5.97. The molecule has 1 amide bonds. The van der Waals surface area contributed by atoms with E-state index in [0.29, 0.717) is 29.1 Å². The maximum absolute atomic E-state index is 12.7. The van der Waals surface area contributed by atoms with Gasteiger partial charge in [0.2, 0.25) is 0 Å². The lowest BCUT2D eigenvalue weighted by Crippen LogP contribution is -2.45. The standard InChI is InChI=1S/C17H21N3O2S2/c1-18(2)14-5-3-13(4-6-14)11-15-16(21)20(17(23)24-15)12-19-7-9-22-10-8-19/h3-6,11H,7-10,12H2,1-2H3/b15-11-. The van der Waals surface area contributed by atoms with E-state index in [1.54, 1.807) is 4.90 Å². The van der Waals surface area contributed by atoms with Gasteiger partial charge in [0.25, 0.3) is 5.91 Å². The van der Waals surface area contributed by atoms with Crippen LogP contribution >= 0.6 is 24.0 Å². The molecule has 0 N–H and O–H groups in total. The van der Waals surface area contributed by atoms with Crippen LogP contribution in [0.5, 0.6) is 0 Å². The highest BCUT2D eigenvalue weighted by atomic mass is 32.2. The fraction of sp³-hybridized carbons (Fsp3) is 0.412. The van der Waals surface area contributed by atoms with Crippen LogP contribution < -0.4 is 4.90 Å². The minimum atomic E-state index is -0.00632. The molecule has 2 saturated heterocycles. The van der Waals surface area contributed by atoms with E-state index >= 15 is 0 Å².